The normalized spacial score (nSPS) is 15.2. The van der Waals surface area contributed by atoms with Crippen LogP contribution in [-0.4, -0.2) is 182 Å². The maximum atomic E-state index is 14.2. The molecular weight excluding hydrogens is 965 g/mol. The van der Waals surface area contributed by atoms with Gasteiger partial charge < -0.3 is 50.0 Å². The van der Waals surface area contributed by atoms with Crippen LogP contribution in [0.5, 0.6) is 0 Å². The monoisotopic (exact) mass is 1040 g/mol. The fourth-order valence-corrected chi connectivity index (χ4v) is 6.93. The topological polar surface area (TPSA) is 292 Å². The lowest BCUT2D eigenvalue weighted by molar-refractivity contribution is -0.776. The van der Waals surface area contributed by atoms with E-state index in [1.165, 1.54) is 56.1 Å². The van der Waals surface area contributed by atoms with E-state index in [0.29, 0.717) is 5.56 Å². The number of hydroxylamine groups is 1. The van der Waals surface area contributed by atoms with Gasteiger partial charge in [-0.25, -0.2) is 14.6 Å². The van der Waals surface area contributed by atoms with Gasteiger partial charge in [0.1, 0.15) is 35.9 Å². The first-order valence-corrected chi connectivity index (χ1v) is 23.9. The zero-order chi connectivity index (χ0) is 56.9. The van der Waals surface area contributed by atoms with Crippen molar-refractivity contribution in [2.75, 3.05) is 35.3 Å². The fourth-order valence-electron chi connectivity index (χ4n) is 6.93. The quantitative estimate of drug-likeness (QED) is 0.0186. The lowest BCUT2D eigenvalue weighted by atomic mass is 9.93. The summed E-state index contributed by atoms with van der Waals surface area (Å²) in [6, 6.07) is 2.67. The zero-order valence-corrected chi connectivity index (χ0v) is 45.1. The van der Waals surface area contributed by atoms with Gasteiger partial charge in [0.15, 0.2) is 38.1 Å². The lowest BCUT2D eigenvalue weighted by Gasteiger charge is -2.34. The summed E-state index contributed by atoms with van der Waals surface area (Å²) in [5, 5.41) is 4.78. The molecule has 10 atom stereocenters. The van der Waals surface area contributed by atoms with Gasteiger partial charge in [0.05, 0.1) is 12.5 Å². The number of ether oxygens (including phenoxy) is 4. The summed E-state index contributed by atoms with van der Waals surface area (Å²) in [4.78, 5) is 146. The van der Waals surface area contributed by atoms with E-state index < -0.39 is 138 Å². The van der Waals surface area contributed by atoms with E-state index in [0.717, 1.165) is 38.7 Å². The van der Waals surface area contributed by atoms with Gasteiger partial charge in [-0.05, 0) is 42.9 Å². The summed E-state index contributed by atoms with van der Waals surface area (Å²) in [5.41, 5.74) is 5.35. The molecule has 1 aromatic rings. The largest absolute Gasteiger partial charge is 0.461 e. The van der Waals surface area contributed by atoms with Crippen LogP contribution in [0.3, 0.4) is 0 Å². The van der Waals surface area contributed by atoms with Crippen LogP contribution < -0.4 is 16.4 Å². The average molecular weight is 1040 g/mol. The van der Waals surface area contributed by atoms with Crippen LogP contribution in [-0.2, 0) is 78.2 Å². The highest BCUT2D eigenvalue weighted by molar-refractivity contribution is 6.01. The summed E-state index contributed by atoms with van der Waals surface area (Å²) in [6.07, 6.45) is -4.54. The molecule has 0 saturated heterocycles. The number of aliphatic imine (C=N–C) groups is 1. The Balaban J connectivity index is 3.52. The van der Waals surface area contributed by atoms with Crippen LogP contribution >= 0.6 is 0 Å². The predicted molar refractivity (Wildman–Crippen MR) is 271 cm³/mol. The maximum Gasteiger partial charge on any atom is 0.333 e. The van der Waals surface area contributed by atoms with Crippen LogP contribution in [0.15, 0.2) is 60.3 Å². The molecule has 0 saturated carbocycles. The van der Waals surface area contributed by atoms with Gasteiger partial charge in [0, 0.05) is 54.2 Å². The number of amides is 7. The molecule has 74 heavy (non-hydrogen) atoms. The van der Waals surface area contributed by atoms with Crippen molar-refractivity contribution in [3.8, 4) is 0 Å². The Labute approximate surface area is 433 Å². The number of nitrogens with one attached hydrogen (secondary N) is 2. The maximum absolute atomic E-state index is 14.2. The Hall–Kier alpha value is -7.30. The highest BCUT2D eigenvalue weighted by Gasteiger charge is 2.42. The minimum absolute atomic E-state index is 0.0796. The van der Waals surface area contributed by atoms with Crippen molar-refractivity contribution in [3.05, 3.63) is 60.8 Å². The first kappa shape index (κ1) is 64.7. The predicted octanol–water partition coefficient (Wildman–Crippen LogP) is 1.29. The Morgan fingerprint density at radius 2 is 1.41 bits per heavy atom. The third-order valence-corrected chi connectivity index (χ3v) is 11.8. The van der Waals surface area contributed by atoms with Gasteiger partial charge in [-0.1, -0.05) is 77.6 Å². The number of primary amides is 1. The first-order valence-electron chi connectivity index (χ1n) is 23.9. The molecule has 410 valence electrons. The zero-order valence-electron chi connectivity index (χ0n) is 45.1. The van der Waals surface area contributed by atoms with E-state index >= 15 is 0 Å². The summed E-state index contributed by atoms with van der Waals surface area (Å²) in [7, 11) is 6.58. The summed E-state index contributed by atoms with van der Waals surface area (Å²) >= 11 is 0. The Bertz CT molecular complexity index is 2230. The van der Waals surface area contributed by atoms with Crippen molar-refractivity contribution in [1.29, 1.82) is 0 Å². The molecule has 0 fully saturated rings. The molecule has 0 bridgehead atoms. The van der Waals surface area contributed by atoms with Gasteiger partial charge >= 0.3 is 17.9 Å². The highest BCUT2D eigenvalue weighted by Crippen LogP contribution is 2.23. The second-order valence-electron chi connectivity index (χ2n) is 18.3. The van der Waals surface area contributed by atoms with E-state index in [9.17, 15) is 47.9 Å². The number of benzene rings is 1. The smallest absolute Gasteiger partial charge is 0.333 e. The van der Waals surface area contributed by atoms with Crippen molar-refractivity contribution < 1.29 is 76.5 Å². The van der Waals surface area contributed by atoms with Crippen molar-refractivity contribution in [2.24, 2.45) is 28.5 Å². The van der Waals surface area contributed by atoms with Crippen LogP contribution in [0.25, 0.3) is 0 Å². The molecule has 0 aliphatic heterocycles. The number of hydrogen-bond donors (Lipinski definition) is 3. The lowest BCUT2D eigenvalue weighted by Crippen LogP contribution is -2.55. The van der Waals surface area contributed by atoms with Gasteiger partial charge in [0.25, 0.3) is 11.8 Å². The SMILES string of the molecule is C=C[C@H](NC(=O)C(=C)N(C)C(=O)[C@@H](Cc1ccccc1)OC(=O)[C@@H](NC(C)=O)[C@@H](C)OC(=O)[C@H]([C@@H](C)OC)N(C)C(=O)C[C@H](OC(=O)C(C=NC(=O)CC)[C@H](O[N+](=C)C)C(C)C)C(C)C)C(=O)N(C)[C@@H](C)C(N)=O. The van der Waals surface area contributed by atoms with Crippen LogP contribution in [0.4, 0.5) is 0 Å². The number of esters is 3. The summed E-state index contributed by atoms with van der Waals surface area (Å²) in [6.45, 7) is 24.8. The second-order valence-corrected chi connectivity index (χ2v) is 18.3. The van der Waals surface area contributed by atoms with Crippen molar-refractivity contribution in [2.45, 2.75) is 136 Å². The molecule has 1 aromatic carbocycles. The van der Waals surface area contributed by atoms with Gasteiger partial charge in [0.2, 0.25) is 29.5 Å². The summed E-state index contributed by atoms with van der Waals surface area (Å²) < 4.78 is 24.1. The minimum Gasteiger partial charge on any atom is -0.461 e. The molecule has 7 amide bonds. The molecule has 1 unspecified atom stereocenters. The number of nitrogens with zero attached hydrogens (tertiary/aromatic N) is 5. The molecule has 0 radical (unpaired) electrons. The number of nitrogens with two attached hydrogens (primary N) is 1. The molecule has 23 heteroatoms. The summed E-state index contributed by atoms with van der Waals surface area (Å²) in [5.74, 6) is -10.5. The third kappa shape index (κ3) is 19.6. The Morgan fingerprint density at radius 3 is 1.89 bits per heavy atom. The number of likely N-dealkylation sites (N-methyl/N-ethyl adjacent to an activating group) is 3. The van der Waals surface area contributed by atoms with Crippen LogP contribution in [0.1, 0.15) is 80.7 Å². The van der Waals surface area contributed by atoms with E-state index in [4.69, 9.17) is 29.5 Å². The molecule has 0 spiro atoms. The molecule has 0 aliphatic rings. The molecule has 4 N–H and O–H groups in total. The Morgan fingerprint density at radius 1 is 0.811 bits per heavy atom. The molecular formula is C51H77N8O15+. The van der Waals surface area contributed by atoms with Gasteiger partial charge in [-0.2, -0.15) is 0 Å². The average Bonchev–Trinajstić information content (AvgIpc) is 3.34. The molecule has 0 heterocycles. The van der Waals surface area contributed by atoms with Crippen molar-refractivity contribution in [3.63, 3.8) is 0 Å². The van der Waals surface area contributed by atoms with Gasteiger partial charge in [-0.3, -0.25) is 43.2 Å². The van der Waals surface area contributed by atoms with E-state index in [-0.39, 0.29) is 18.8 Å². The number of carbonyl (C=O) groups is 10. The van der Waals surface area contributed by atoms with Crippen LogP contribution in [0.2, 0.25) is 0 Å². The minimum atomic E-state index is -1.76. The Kier molecular flexibility index (Phi) is 26.8. The van der Waals surface area contributed by atoms with Crippen LogP contribution in [0, 0.1) is 17.8 Å². The van der Waals surface area contributed by atoms with E-state index in [1.54, 1.807) is 65.0 Å². The first-order chi connectivity index (χ1) is 34.4. The number of methoxy groups -OCH3 is 1. The second kappa shape index (κ2) is 30.7. The molecule has 0 aromatic heterocycles. The standard InChI is InChI=1S/C51H76N8O15/c1-18-37(47(65)57(14)30(7)45(52)63)55-46(64)31(8)58(15)48(66)39(25-35-23-21-20-22-24-35)73-50(68)42(54-34(11)60)32(9)71-51(69)43(33(10)70-17)59(16)41(62)26-38(28(3)4)72-49(67)36(27-53-40(61)19-2)44(29(5)6)74-56(12)13/h18,20-24,27-30,32-33,36-39,42-44H,1,8,12,19,25-26H2,2-7,9-11,13-17H3,(H3-,52,54,55,60,63,64)/p+1/t30-,32+,33+,36?,37-,38-,39+,42-,43-,44+/m0/s1. The van der Waals surface area contributed by atoms with Crippen molar-refractivity contribution >= 4 is 72.2 Å². The molecule has 0 aliphatic carbocycles. The molecule has 1 rings (SSSR count). The number of carbonyl (C=O) groups excluding carboxylic acids is 10. The van der Waals surface area contributed by atoms with Gasteiger partial charge in [-0.15, -0.1) is 6.58 Å². The number of hydrogen-bond acceptors (Lipinski definition) is 15. The fraction of sp³-hybridized carbons (Fsp3) is 0.569. The van der Waals surface area contributed by atoms with E-state index in [2.05, 4.69) is 35.5 Å². The van der Waals surface area contributed by atoms with E-state index in [1.807, 2.05) is 0 Å². The van der Waals surface area contributed by atoms with Crippen molar-refractivity contribution in [1.82, 2.24) is 25.3 Å². The third-order valence-electron chi connectivity index (χ3n) is 11.8. The highest BCUT2D eigenvalue weighted by atomic mass is 16.7. The number of rotatable bonds is 30. The molecule has 23 nitrogen and oxygen atoms in total.